The maximum Gasteiger partial charge on any atom is 0.164 e. The summed E-state index contributed by atoms with van der Waals surface area (Å²) < 4.78 is 2.28. The quantitative estimate of drug-likeness (QED) is 0.136. The number of aryl methyl sites for hydroxylation is 4. The van der Waals surface area contributed by atoms with Gasteiger partial charge in [0.15, 0.2) is 34.9 Å². The van der Waals surface area contributed by atoms with E-state index < -0.39 is 0 Å². The molecule has 0 spiro atoms. The van der Waals surface area contributed by atoms with Gasteiger partial charge in [-0.25, -0.2) is 54.8 Å². The zero-order chi connectivity index (χ0) is 48.0. The van der Waals surface area contributed by atoms with E-state index in [1.807, 2.05) is 125 Å². The molecule has 0 bridgehead atoms. The smallest absolute Gasteiger partial charge is 0.164 e. The molecule has 12 heteroatoms. The maximum absolute atomic E-state index is 5.41. The largest absolute Gasteiger partial charge is 0.308 e. The first-order valence-corrected chi connectivity index (χ1v) is 23.3. The Balaban J connectivity index is 1.15. The normalized spacial score (nSPS) is 11.4. The van der Waals surface area contributed by atoms with Crippen molar-refractivity contribution in [1.29, 1.82) is 0 Å². The van der Waals surface area contributed by atoms with Crippen LogP contribution in [0.3, 0.4) is 0 Å². The number of fused-ring (bicyclic) bond motifs is 3. The van der Waals surface area contributed by atoms with E-state index in [2.05, 4.69) is 99.5 Å². The fourth-order valence-electron chi connectivity index (χ4n) is 9.12. The second-order valence-corrected chi connectivity index (χ2v) is 17.3. The lowest BCUT2D eigenvalue weighted by Crippen LogP contribution is -2.04. The number of rotatable bonds is 9. The fourth-order valence-corrected chi connectivity index (χ4v) is 9.12. The van der Waals surface area contributed by atoms with Gasteiger partial charge in [-0.2, -0.15) is 0 Å². The molecule has 0 unspecified atom stereocenters. The molecular weight excluding hydrogens is 877 g/mol. The molecule has 12 rings (SSSR count). The first-order chi connectivity index (χ1) is 34.8. The van der Waals surface area contributed by atoms with Gasteiger partial charge in [-0.1, -0.05) is 121 Å². The SMILES string of the molecule is Cc1nc(C)nc(-c2ccc3c(c2)c2cc(-c4nc(C)nc(C)n4)ccc2n3-c2ccc(-c3nc(-c4ccccc4)nc(-c4ccccc4)n3)cc2-c2nc(-c3ccccc3)cc(-c3ccccc3)n2)n1. The topological polar surface area (TPSA) is 147 Å². The summed E-state index contributed by atoms with van der Waals surface area (Å²) in [5.41, 5.74) is 11.3. The average molecular weight is 919 g/mol. The van der Waals surface area contributed by atoms with Crippen molar-refractivity contribution in [3.05, 3.63) is 205 Å². The monoisotopic (exact) mass is 918 g/mol. The van der Waals surface area contributed by atoms with Crippen LogP contribution in [0.1, 0.15) is 23.3 Å². The van der Waals surface area contributed by atoms with Gasteiger partial charge in [0.05, 0.1) is 28.1 Å². The van der Waals surface area contributed by atoms with Crippen molar-refractivity contribution < 1.29 is 0 Å². The van der Waals surface area contributed by atoms with Crippen LogP contribution in [0.15, 0.2) is 182 Å². The third-order valence-electron chi connectivity index (χ3n) is 12.3. The number of nitrogens with zero attached hydrogens (tertiary/aromatic N) is 12. The van der Waals surface area contributed by atoms with Crippen LogP contribution in [-0.4, -0.2) is 59.4 Å². The van der Waals surface area contributed by atoms with Gasteiger partial charge in [0.1, 0.15) is 23.3 Å². The molecule has 12 aromatic rings. The van der Waals surface area contributed by atoms with Crippen molar-refractivity contribution >= 4 is 21.8 Å². The van der Waals surface area contributed by atoms with Gasteiger partial charge in [-0.05, 0) is 88.4 Å². The molecular formula is C59H42N12. The van der Waals surface area contributed by atoms with Crippen LogP contribution in [0, 0.1) is 27.7 Å². The molecule has 0 saturated carbocycles. The fraction of sp³-hybridized carbons (Fsp3) is 0.0678. The summed E-state index contributed by atoms with van der Waals surface area (Å²) in [5, 5.41) is 1.96. The highest BCUT2D eigenvalue weighted by atomic mass is 15.1. The van der Waals surface area contributed by atoms with Gasteiger partial charge in [-0.3, -0.25) is 0 Å². The van der Waals surface area contributed by atoms with E-state index in [0.29, 0.717) is 58.2 Å². The van der Waals surface area contributed by atoms with E-state index in [1.54, 1.807) is 0 Å². The molecule has 0 amide bonds. The molecule has 0 aliphatic heterocycles. The van der Waals surface area contributed by atoms with E-state index in [1.165, 1.54) is 0 Å². The molecule has 7 aromatic carbocycles. The molecule has 0 aliphatic rings. The van der Waals surface area contributed by atoms with Crippen molar-refractivity contribution in [3.8, 4) is 96.5 Å². The van der Waals surface area contributed by atoms with Crippen molar-refractivity contribution in [2.75, 3.05) is 0 Å². The van der Waals surface area contributed by atoms with Crippen LogP contribution in [0.2, 0.25) is 0 Å². The number of hydrogen-bond donors (Lipinski definition) is 0. The minimum Gasteiger partial charge on any atom is -0.308 e. The number of benzene rings is 7. The Hall–Kier alpha value is -9.55. The summed E-state index contributed by atoms with van der Waals surface area (Å²) in [4.78, 5) is 54.1. The number of hydrogen-bond acceptors (Lipinski definition) is 11. The van der Waals surface area contributed by atoms with Crippen molar-refractivity contribution in [3.63, 3.8) is 0 Å². The minimum absolute atomic E-state index is 0.510. The van der Waals surface area contributed by atoms with Crippen molar-refractivity contribution in [2.24, 2.45) is 0 Å². The average Bonchev–Trinajstić information content (AvgIpc) is 3.73. The first kappa shape index (κ1) is 42.8. The molecule has 338 valence electrons. The van der Waals surface area contributed by atoms with Gasteiger partial charge in [0.25, 0.3) is 0 Å². The second-order valence-electron chi connectivity index (χ2n) is 17.3. The molecule has 0 radical (unpaired) electrons. The molecule has 71 heavy (non-hydrogen) atoms. The Bertz CT molecular complexity index is 3710. The van der Waals surface area contributed by atoms with Crippen LogP contribution < -0.4 is 0 Å². The van der Waals surface area contributed by atoms with E-state index in [4.69, 9.17) is 44.9 Å². The Morgan fingerprint density at radius 1 is 0.268 bits per heavy atom. The molecule has 0 atom stereocenters. The Morgan fingerprint density at radius 2 is 0.620 bits per heavy atom. The van der Waals surface area contributed by atoms with E-state index >= 15 is 0 Å². The van der Waals surface area contributed by atoms with Gasteiger partial charge in [0.2, 0.25) is 0 Å². The van der Waals surface area contributed by atoms with E-state index in [9.17, 15) is 0 Å². The molecule has 0 aliphatic carbocycles. The van der Waals surface area contributed by atoms with Gasteiger partial charge in [-0.15, -0.1) is 0 Å². The lowest BCUT2D eigenvalue weighted by atomic mass is 10.0. The zero-order valence-corrected chi connectivity index (χ0v) is 39.2. The summed E-state index contributed by atoms with van der Waals surface area (Å²) >= 11 is 0. The molecule has 0 fully saturated rings. The molecule has 0 saturated heterocycles. The lowest BCUT2D eigenvalue weighted by Gasteiger charge is -2.17. The zero-order valence-electron chi connectivity index (χ0n) is 39.2. The highest BCUT2D eigenvalue weighted by Gasteiger charge is 2.23. The molecule has 5 heterocycles. The minimum atomic E-state index is 0.510. The highest BCUT2D eigenvalue weighted by molar-refractivity contribution is 6.12. The second kappa shape index (κ2) is 17.8. The predicted octanol–water partition coefficient (Wildman–Crippen LogP) is 12.7. The van der Waals surface area contributed by atoms with Crippen LogP contribution in [0.25, 0.3) is 118 Å². The van der Waals surface area contributed by atoms with Gasteiger partial charge in [0, 0.05) is 55.3 Å². The summed E-state index contributed by atoms with van der Waals surface area (Å²) in [7, 11) is 0. The maximum atomic E-state index is 5.41. The first-order valence-electron chi connectivity index (χ1n) is 23.3. The van der Waals surface area contributed by atoms with Gasteiger partial charge >= 0.3 is 0 Å². The van der Waals surface area contributed by atoms with Crippen LogP contribution in [0.4, 0.5) is 0 Å². The highest BCUT2D eigenvalue weighted by Crippen LogP contribution is 2.41. The summed E-state index contributed by atoms with van der Waals surface area (Å²) in [6, 6.07) is 61.5. The Labute approximate surface area is 409 Å². The predicted molar refractivity (Wildman–Crippen MR) is 279 cm³/mol. The summed E-state index contributed by atoms with van der Waals surface area (Å²) in [6.45, 7) is 7.55. The van der Waals surface area contributed by atoms with Gasteiger partial charge < -0.3 is 4.57 Å². The molecule has 0 N–H and O–H groups in total. The Morgan fingerprint density at radius 3 is 1.04 bits per heavy atom. The summed E-state index contributed by atoms with van der Waals surface area (Å²) in [5.74, 6) is 5.98. The van der Waals surface area contributed by atoms with Crippen LogP contribution in [0.5, 0.6) is 0 Å². The number of aromatic nitrogens is 12. The Kier molecular flexibility index (Phi) is 10.7. The third kappa shape index (κ3) is 8.33. The standard InChI is InChI=1S/C59H42N12/c1-35-60-36(2)63-56(62-35)43-25-28-51-46(31-43)47-32-44(57-64-37(3)61-38(4)65-57)26-29-52(47)71(51)53-30-27-45(58-69-54(41-21-13-7-14-22-41)68-55(70-58)42-23-15-8-16-24-42)33-48(53)59-66-49(39-17-9-5-10-18-39)34-50(67-59)40-19-11-6-12-20-40/h5-34H,1-4H3. The van der Waals surface area contributed by atoms with Crippen LogP contribution >= 0.6 is 0 Å². The van der Waals surface area contributed by atoms with E-state index in [0.717, 1.165) is 83.4 Å². The van der Waals surface area contributed by atoms with Crippen molar-refractivity contribution in [2.45, 2.75) is 27.7 Å². The summed E-state index contributed by atoms with van der Waals surface area (Å²) in [6.07, 6.45) is 0. The van der Waals surface area contributed by atoms with Crippen molar-refractivity contribution in [1.82, 2.24) is 59.4 Å². The molecule has 5 aromatic heterocycles. The van der Waals surface area contributed by atoms with Crippen LogP contribution in [-0.2, 0) is 0 Å². The van der Waals surface area contributed by atoms with E-state index in [-0.39, 0.29) is 0 Å². The third-order valence-corrected chi connectivity index (χ3v) is 12.3. The lowest BCUT2D eigenvalue weighted by molar-refractivity contribution is 0.928. The molecule has 12 nitrogen and oxygen atoms in total.